The molecule has 0 saturated carbocycles. The smallest absolute Gasteiger partial charge is 0.182 e. The maximum Gasteiger partial charge on any atom is 0.182 e. The van der Waals surface area contributed by atoms with Gasteiger partial charge in [-0.15, -0.1) is 5.10 Å². The van der Waals surface area contributed by atoms with E-state index in [-0.39, 0.29) is 29.0 Å². The number of hydrogen-bond donors (Lipinski definition) is 0. The number of rotatable bonds is 4. The molecule has 0 saturated heterocycles. The minimum Gasteiger partial charge on any atom is -0.293 e. The van der Waals surface area contributed by atoms with Crippen LogP contribution in [-0.2, 0) is 0 Å². The van der Waals surface area contributed by atoms with Crippen LogP contribution in [0.1, 0.15) is 53.4 Å². The topological polar surface area (TPSA) is 64.8 Å². The zero-order chi connectivity index (χ0) is 14.0. The fourth-order valence-electron chi connectivity index (χ4n) is 2.00. The number of hydrogen-bond acceptors (Lipinski definition) is 4. The molecule has 0 N–H and O–H groups in total. The van der Waals surface area contributed by atoms with Crippen LogP contribution in [-0.4, -0.2) is 26.6 Å². The third-order valence-corrected chi connectivity index (χ3v) is 3.01. The molecule has 0 amide bonds. The van der Waals surface area contributed by atoms with E-state index in [1.807, 2.05) is 37.3 Å². The molecular formula is C14H15N3O2. The molecule has 0 radical (unpaired) electrons. The number of benzene rings is 1. The summed E-state index contributed by atoms with van der Waals surface area (Å²) in [6.45, 7) is 4.72. The Labute approximate surface area is 111 Å². The molecule has 0 fully saturated rings. The lowest BCUT2D eigenvalue weighted by atomic mass is 10.1. The first kappa shape index (κ1) is 13.1. The lowest BCUT2D eigenvalue weighted by Crippen LogP contribution is -2.16. The van der Waals surface area contributed by atoms with Crippen molar-refractivity contribution in [2.75, 3.05) is 0 Å². The van der Waals surface area contributed by atoms with Crippen molar-refractivity contribution < 1.29 is 9.59 Å². The molecule has 1 unspecified atom stereocenters. The summed E-state index contributed by atoms with van der Waals surface area (Å²) in [4.78, 5) is 23.2. The van der Waals surface area contributed by atoms with Gasteiger partial charge in [0.25, 0.3) is 0 Å². The van der Waals surface area contributed by atoms with Gasteiger partial charge >= 0.3 is 0 Å². The Morgan fingerprint density at radius 1 is 1.11 bits per heavy atom. The Kier molecular flexibility index (Phi) is 3.55. The lowest BCUT2D eigenvalue weighted by molar-refractivity contribution is 0.0972. The van der Waals surface area contributed by atoms with Crippen LogP contribution in [0.5, 0.6) is 0 Å². The van der Waals surface area contributed by atoms with E-state index in [0.717, 1.165) is 5.56 Å². The first-order chi connectivity index (χ1) is 9.02. The molecule has 5 heteroatoms. The molecule has 2 aromatic rings. The standard InChI is InChI=1S/C14H15N3O2/c1-9(12-7-5-4-6-8-12)17-14(11(3)19)13(10(2)18)15-16-17/h4-9H,1-3H3. The molecular weight excluding hydrogens is 242 g/mol. The minimum absolute atomic E-state index is 0.135. The largest absolute Gasteiger partial charge is 0.293 e. The first-order valence-corrected chi connectivity index (χ1v) is 6.04. The van der Waals surface area contributed by atoms with Crippen molar-refractivity contribution in [2.24, 2.45) is 0 Å². The van der Waals surface area contributed by atoms with E-state index in [0.29, 0.717) is 0 Å². The zero-order valence-electron chi connectivity index (χ0n) is 11.1. The Morgan fingerprint density at radius 2 is 1.74 bits per heavy atom. The van der Waals surface area contributed by atoms with E-state index in [1.165, 1.54) is 18.5 Å². The van der Waals surface area contributed by atoms with Gasteiger partial charge in [-0.1, -0.05) is 35.5 Å². The highest BCUT2D eigenvalue weighted by molar-refractivity contribution is 6.04. The van der Waals surface area contributed by atoms with Crippen LogP contribution >= 0.6 is 0 Å². The molecule has 98 valence electrons. The zero-order valence-corrected chi connectivity index (χ0v) is 11.1. The Hall–Kier alpha value is -2.30. The van der Waals surface area contributed by atoms with Gasteiger partial charge in [-0.2, -0.15) is 0 Å². The molecule has 1 aromatic carbocycles. The van der Waals surface area contributed by atoms with Gasteiger partial charge in [0.1, 0.15) is 5.69 Å². The fraction of sp³-hybridized carbons (Fsp3) is 0.286. The lowest BCUT2D eigenvalue weighted by Gasteiger charge is -2.14. The normalized spacial score (nSPS) is 12.2. The number of Topliss-reactive ketones (excluding diaryl/α,β-unsaturated/α-hetero) is 2. The summed E-state index contributed by atoms with van der Waals surface area (Å²) in [5.41, 5.74) is 1.41. The second-order valence-electron chi connectivity index (χ2n) is 4.43. The number of nitrogens with zero attached hydrogens (tertiary/aromatic N) is 3. The van der Waals surface area contributed by atoms with E-state index in [4.69, 9.17) is 0 Å². The van der Waals surface area contributed by atoms with Gasteiger partial charge in [0.2, 0.25) is 0 Å². The van der Waals surface area contributed by atoms with E-state index in [9.17, 15) is 9.59 Å². The van der Waals surface area contributed by atoms with Crippen LogP contribution in [0.3, 0.4) is 0 Å². The van der Waals surface area contributed by atoms with Gasteiger partial charge in [-0.3, -0.25) is 9.59 Å². The molecule has 0 aliphatic heterocycles. The summed E-state index contributed by atoms with van der Waals surface area (Å²) in [5, 5.41) is 7.79. The number of ketones is 2. The average Bonchev–Trinajstić information content (AvgIpc) is 2.83. The highest BCUT2D eigenvalue weighted by atomic mass is 16.1. The molecule has 1 atom stereocenters. The summed E-state index contributed by atoms with van der Waals surface area (Å²) in [6, 6.07) is 9.50. The van der Waals surface area contributed by atoms with Gasteiger partial charge in [0.05, 0.1) is 6.04 Å². The summed E-state index contributed by atoms with van der Waals surface area (Å²) in [7, 11) is 0. The van der Waals surface area contributed by atoms with Gasteiger partial charge in [0, 0.05) is 13.8 Å². The Balaban J connectivity index is 2.51. The van der Waals surface area contributed by atoms with Crippen LogP contribution < -0.4 is 0 Å². The van der Waals surface area contributed by atoms with Crippen LogP contribution in [0.15, 0.2) is 30.3 Å². The molecule has 1 heterocycles. The Bertz CT molecular complexity index is 617. The maximum atomic E-state index is 11.7. The van der Waals surface area contributed by atoms with Crippen LogP contribution in [0.25, 0.3) is 0 Å². The highest BCUT2D eigenvalue weighted by Crippen LogP contribution is 2.20. The van der Waals surface area contributed by atoms with Gasteiger partial charge in [0.15, 0.2) is 17.3 Å². The molecule has 0 spiro atoms. The van der Waals surface area contributed by atoms with Gasteiger partial charge < -0.3 is 0 Å². The number of carbonyl (C=O) groups excluding carboxylic acids is 2. The van der Waals surface area contributed by atoms with Crippen LogP contribution in [0.4, 0.5) is 0 Å². The highest BCUT2D eigenvalue weighted by Gasteiger charge is 2.23. The van der Waals surface area contributed by atoms with Crippen molar-refractivity contribution in [3.05, 3.63) is 47.3 Å². The average molecular weight is 257 g/mol. The number of aromatic nitrogens is 3. The monoisotopic (exact) mass is 257 g/mol. The molecule has 2 rings (SSSR count). The second kappa shape index (κ2) is 5.14. The van der Waals surface area contributed by atoms with E-state index in [1.54, 1.807) is 0 Å². The predicted molar refractivity (Wildman–Crippen MR) is 70.3 cm³/mol. The molecule has 5 nitrogen and oxygen atoms in total. The van der Waals surface area contributed by atoms with Crippen LogP contribution in [0, 0.1) is 0 Å². The van der Waals surface area contributed by atoms with Crippen molar-refractivity contribution in [1.82, 2.24) is 15.0 Å². The predicted octanol–water partition coefficient (Wildman–Crippen LogP) is 2.29. The first-order valence-electron chi connectivity index (χ1n) is 6.04. The molecule has 19 heavy (non-hydrogen) atoms. The van der Waals surface area contributed by atoms with E-state index < -0.39 is 0 Å². The summed E-state index contributed by atoms with van der Waals surface area (Å²) >= 11 is 0. The van der Waals surface area contributed by atoms with Crippen molar-refractivity contribution >= 4 is 11.6 Å². The third kappa shape index (κ3) is 2.45. The second-order valence-corrected chi connectivity index (χ2v) is 4.43. The third-order valence-electron chi connectivity index (χ3n) is 3.01. The SMILES string of the molecule is CC(=O)c1nnn(C(C)c2ccccc2)c1C(C)=O. The van der Waals surface area contributed by atoms with Crippen molar-refractivity contribution in [1.29, 1.82) is 0 Å². The molecule has 0 aliphatic rings. The van der Waals surface area contributed by atoms with Crippen molar-refractivity contribution in [3.8, 4) is 0 Å². The maximum absolute atomic E-state index is 11.7. The van der Waals surface area contributed by atoms with E-state index >= 15 is 0 Å². The van der Waals surface area contributed by atoms with E-state index in [2.05, 4.69) is 10.3 Å². The Morgan fingerprint density at radius 3 is 2.26 bits per heavy atom. The molecule has 0 bridgehead atoms. The minimum atomic E-state index is -0.253. The summed E-state index contributed by atoms with van der Waals surface area (Å²) < 4.78 is 1.51. The van der Waals surface area contributed by atoms with Crippen LogP contribution in [0.2, 0.25) is 0 Å². The quantitative estimate of drug-likeness (QED) is 0.788. The van der Waals surface area contributed by atoms with Crippen molar-refractivity contribution in [2.45, 2.75) is 26.8 Å². The summed E-state index contributed by atoms with van der Waals surface area (Å²) in [5.74, 6) is -0.463. The van der Waals surface area contributed by atoms with Gasteiger partial charge in [-0.05, 0) is 12.5 Å². The number of carbonyl (C=O) groups is 2. The summed E-state index contributed by atoms with van der Waals surface area (Å²) in [6.07, 6.45) is 0. The molecule has 0 aliphatic carbocycles. The molecule has 1 aromatic heterocycles. The fourth-order valence-corrected chi connectivity index (χ4v) is 2.00. The van der Waals surface area contributed by atoms with Gasteiger partial charge in [-0.25, -0.2) is 4.68 Å². The van der Waals surface area contributed by atoms with Crippen molar-refractivity contribution in [3.63, 3.8) is 0 Å².